The topological polar surface area (TPSA) is 212 Å². The van der Waals surface area contributed by atoms with E-state index >= 15 is 0 Å². The van der Waals surface area contributed by atoms with Crippen molar-refractivity contribution < 1.29 is 38.7 Å². The summed E-state index contributed by atoms with van der Waals surface area (Å²) in [6.07, 6.45) is 1.20. The summed E-state index contributed by atoms with van der Waals surface area (Å²) in [5, 5.41) is 25.8. The molecule has 7 N–H and O–H groups in total. The molecule has 0 spiro atoms. The molecule has 0 bridgehead atoms. The second-order valence-corrected chi connectivity index (χ2v) is 15.4. The van der Waals surface area contributed by atoms with Gasteiger partial charge in [-0.05, 0) is 65.3 Å². The van der Waals surface area contributed by atoms with E-state index < -0.39 is 59.8 Å². The molecule has 0 saturated carbocycles. The van der Waals surface area contributed by atoms with Gasteiger partial charge in [-0.3, -0.25) is 33.6 Å². The quantitative estimate of drug-likeness (QED) is 0.0463. The van der Waals surface area contributed by atoms with Gasteiger partial charge in [0.15, 0.2) is 0 Å². The zero-order valence-corrected chi connectivity index (χ0v) is 35.8. The van der Waals surface area contributed by atoms with Crippen LogP contribution in [0.4, 0.5) is 5.69 Å². The predicted molar refractivity (Wildman–Crippen MR) is 244 cm³/mol. The van der Waals surface area contributed by atoms with E-state index in [0.29, 0.717) is 29.6 Å². The summed E-state index contributed by atoms with van der Waals surface area (Å²) in [5.41, 5.74) is 5.41. The highest BCUT2D eigenvalue weighted by molar-refractivity contribution is 5.96. The summed E-state index contributed by atoms with van der Waals surface area (Å²) in [4.78, 5) is 92.1. The molecule has 0 radical (unpaired) electrons. The lowest BCUT2D eigenvalue weighted by Gasteiger charge is -2.27. The molecule has 14 nitrogen and oxygen atoms in total. The van der Waals surface area contributed by atoms with Crippen LogP contribution in [0.1, 0.15) is 48.9 Å². The Morgan fingerprint density at radius 3 is 1.41 bits per heavy atom. The van der Waals surface area contributed by atoms with Crippen LogP contribution in [0.25, 0.3) is 11.1 Å². The van der Waals surface area contributed by atoms with Crippen LogP contribution in [0.15, 0.2) is 140 Å². The summed E-state index contributed by atoms with van der Waals surface area (Å²) in [6.45, 7) is 2.97. The molecule has 64 heavy (non-hydrogen) atoms. The normalized spacial score (nSPS) is 13.1. The fourth-order valence-electron chi connectivity index (χ4n) is 6.93. The minimum atomic E-state index is -1.28. The molecule has 6 amide bonds. The van der Waals surface area contributed by atoms with Crippen LogP contribution in [0.2, 0.25) is 0 Å². The van der Waals surface area contributed by atoms with E-state index in [1.807, 2.05) is 115 Å². The second kappa shape index (κ2) is 24.1. The number of aryl methyl sites for hydroxylation is 1. The average Bonchev–Trinajstić information content (AvgIpc) is 3.31. The third-order valence-electron chi connectivity index (χ3n) is 10.6. The van der Waals surface area contributed by atoms with Crippen LogP contribution in [-0.4, -0.2) is 77.2 Å². The largest absolute Gasteiger partial charge is 0.480 e. The van der Waals surface area contributed by atoms with Crippen LogP contribution in [0.3, 0.4) is 0 Å². The van der Waals surface area contributed by atoms with Crippen molar-refractivity contribution in [2.75, 3.05) is 5.32 Å². The Balaban J connectivity index is 1.45. The molecule has 0 heterocycles. The highest BCUT2D eigenvalue weighted by Gasteiger charge is 2.32. The highest BCUT2D eigenvalue weighted by Crippen LogP contribution is 2.20. The van der Waals surface area contributed by atoms with Gasteiger partial charge in [0, 0.05) is 31.4 Å². The Morgan fingerprint density at radius 1 is 0.500 bits per heavy atom. The molecule has 0 aliphatic rings. The maximum Gasteiger partial charge on any atom is 0.325 e. The van der Waals surface area contributed by atoms with Gasteiger partial charge in [0.25, 0.3) is 0 Å². The third kappa shape index (κ3) is 14.8. The van der Waals surface area contributed by atoms with Gasteiger partial charge in [-0.1, -0.05) is 134 Å². The number of carboxylic acids is 1. The van der Waals surface area contributed by atoms with Crippen molar-refractivity contribution in [3.05, 3.63) is 162 Å². The first-order chi connectivity index (χ1) is 30.9. The number of carboxylic acid groups (broad SMARTS) is 1. The van der Waals surface area contributed by atoms with Crippen LogP contribution in [-0.2, 0) is 59.2 Å². The van der Waals surface area contributed by atoms with Gasteiger partial charge in [-0.15, -0.1) is 0 Å². The van der Waals surface area contributed by atoms with E-state index in [1.165, 1.54) is 6.92 Å². The predicted octanol–water partition coefficient (Wildman–Crippen LogP) is 4.52. The Hall–Kier alpha value is -7.61. The molecule has 5 aromatic carbocycles. The number of aliphatic carboxylic acids is 1. The van der Waals surface area contributed by atoms with Crippen molar-refractivity contribution in [2.45, 2.75) is 82.6 Å². The van der Waals surface area contributed by atoms with Crippen molar-refractivity contribution in [1.82, 2.24) is 26.6 Å². The fourth-order valence-corrected chi connectivity index (χ4v) is 6.93. The third-order valence-corrected chi connectivity index (χ3v) is 10.6. The summed E-state index contributed by atoms with van der Waals surface area (Å²) in [6, 6.07) is 36.3. The lowest BCUT2D eigenvalue weighted by molar-refractivity contribution is -0.141. The smallest absolute Gasteiger partial charge is 0.325 e. The molecule has 0 aromatic heterocycles. The fraction of sp³-hybridized carbons (Fsp3) is 0.260. The molecule has 0 aliphatic heterocycles. The van der Waals surface area contributed by atoms with Gasteiger partial charge in [-0.2, -0.15) is 0 Å². The van der Waals surface area contributed by atoms with Gasteiger partial charge in [0.1, 0.15) is 30.2 Å². The Kier molecular flexibility index (Phi) is 17.9. The average molecular weight is 867 g/mol. The van der Waals surface area contributed by atoms with Crippen molar-refractivity contribution >= 4 is 47.6 Å². The van der Waals surface area contributed by atoms with Crippen LogP contribution < -0.4 is 31.9 Å². The second-order valence-electron chi connectivity index (χ2n) is 15.4. The van der Waals surface area contributed by atoms with E-state index in [4.69, 9.17) is 0 Å². The first kappa shape index (κ1) is 47.4. The summed E-state index contributed by atoms with van der Waals surface area (Å²) in [7, 11) is 0. The Bertz CT molecular complexity index is 2330. The van der Waals surface area contributed by atoms with Gasteiger partial charge >= 0.3 is 5.97 Å². The Labute approximate surface area is 372 Å². The summed E-state index contributed by atoms with van der Waals surface area (Å²) >= 11 is 0. The minimum Gasteiger partial charge on any atom is -0.480 e. The van der Waals surface area contributed by atoms with Crippen LogP contribution >= 0.6 is 0 Å². The number of hydrogen-bond donors (Lipinski definition) is 7. The van der Waals surface area contributed by atoms with Crippen molar-refractivity contribution in [1.29, 1.82) is 0 Å². The lowest BCUT2D eigenvalue weighted by Crippen LogP contribution is -2.59. The monoisotopic (exact) mass is 866 g/mol. The maximum atomic E-state index is 14.6. The number of anilines is 1. The van der Waals surface area contributed by atoms with Crippen LogP contribution in [0.5, 0.6) is 0 Å². The number of amides is 6. The molecule has 0 aliphatic carbocycles. The minimum absolute atomic E-state index is 0.0203. The number of rotatable bonds is 23. The standard InChI is InChI=1S/C50H54N6O8/c1-3-45(58)53-42(29-35-15-9-5-10-16-35)48(61)56-44(30-36-19-24-39(25-20-36)38-17-11-6-12-18-38)49(62)54-41(28-23-34-13-7-4-8-14-34)46(59)55-43(47(60)52-33(2)50(63)64)31-37-21-26-40(27-22-37)51-32-57/h4-22,24-27,32-33,41-44H,3,23,28-31H2,1-2H3,(H,51,57)(H,52,60)(H,53,58)(H,54,62)(H,55,59)(H,56,61)(H,63,64)/t33-,41-,42-,43+,44+/m1/s1. The van der Waals surface area contributed by atoms with E-state index in [9.17, 15) is 38.7 Å². The molecular formula is C50H54N6O8. The SMILES string of the molecule is CCC(=O)N[C@H](Cc1ccccc1)C(=O)N[C@@H](Cc1ccc(-c2ccccc2)cc1)C(=O)N[C@H](CCc1ccccc1)C(=O)N[C@@H](Cc1ccc(NC=O)cc1)C(=O)N[C@H](C)C(=O)O. The van der Waals surface area contributed by atoms with Gasteiger partial charge < -0.3 is 37.0 Å². The number of nitrogens with one attached hydrogen (secondary N) is 6. The number of carbonyl (C=O) groups is 7. The van der Waals surface area contributed by atoms with Crippen molar-refractivity contribution in [3.8, 4) is 11.1 Å². The van der Waals surface area contributed by atoms with Gasteiger partial charge in [-0.25, -0.2) is 0 Å². The zero-order chi connectivity index (χ0) is 45.8. The van der Waals surface area contributed by atoms with E-state index in [1.54, 1.807) is 31.2 Å². The highest BCUT2D eigenvalue weighted by atomic mass is 16.4. The maximum absolute atomic E-state index is 14.6. The van der Waals surface area contributed by atoms with E-state index in [-0.39, 0.29) is 38.0 Å². The molecule has 0 unspecified atom stereocenters. The molecule has 5 atom stereocenters. The molecule has 5 rings (SSSR count). The Morgan fingerprint density at radius 2 is 0.906 bits per heavy atom. The number of hydrogen-bond acceptors (Lipinski definition) is 7. The van der Waals surface area contributed by atoms with E-state index in [0.717, 1.165) is 22.3 Å². The lowest BCUT2D eigenvalue weighted by atomic mass is 9.98. The summed E-state index contributed by atoms with van der Waals surface area (Å²) < 4.78 is 0. The van der Waals surface area contributed by atoms with Crippen molar-refractivity contribution in [2.24, 2.45) is 0 Å². The van der Waals surface area contributed by atoms with Crippen LogP contribution in [0, 0.1) is 0 Å². The molecule has 5 aromatic rings. The molecule has 332 valence electrons. The van der Waals surface area contributed by atoms with Crippen molar-refractivity contribution in [3.63, 3.8) is 0 Å². The molecular weight excluding hydrogens is 813 g/mol. The number of carbonyl (C=O) groups excluding carboxylic acids is 6. The molecule has 0 fully saturated rings. The molecule has 14 heteroatoms. The van der Waals surface area contributed by atoms with E-state index in [2.05, 4.69) is 31.9 Å². The number of benzene rings is 5. The first-order valence-electron chi connectivity index (χ1n) is 21.2. The zero-order valence-electron chi connectivity index (χ0n) is 35.8. The van der Waals surface area contributed by atoms with Gasteiger partial charge in [0.05, 0.1) is 0 Å². The first-order valence-corrected chi connectivity index (χ1v) is 21.2. The summed E-state index contributed by atoms with van der Waals surface area (Å²) in [5.74, 6) is -4.41. The van der Waals surface area contributed by atoms with Gasteiger partial charge in [0.2, 0.25) is 35.9 Å². The molecule has 0 saturated heterocycles.